The Balaban J connectivity index is 2.75. The van der Waals surface area contributed by atoms with Crippen LogP contribution in [0.25, 0.3) is 11.3 Å². The largest absolute Gasteiger partial charge is 0.373 e. The Bertz CT molecular complexity index is 627. The molecule has 0 saturated carbocycles. The topological polar surface area (TPSA) is 37.8 Å². The van der Waals surface area contributed by atoms with E-state index in [1.54, 1.807) is 6.07 Å². The lowest BCUT2D eigenvalue weighted by atomic mass is 9.99. The van der Waals surface area contributed by atoms with Crippen molar-refractivity contribution >= 4 is 5.82 Å². The molecule has 4 heteroatoms. The summed E-state index contributed by atoms with van der Waals surface area (Å²) in [6, 6.07) is 3.53. The first-order valence-electron chi connectivity index (χ1n) is 6.80. The number of halogens is 1. The number of rotatable bonds is 3. The standard InChI is InChI=1S/C16H20FN3/c1-6-13-19-15(11(4)16(18-5)20-13)14-10(3)7-9(2)8-12(14)17/h7-8H,6H2,1-5H3,(H,18,19,20). The minimum absolute atomic E-state index is 0.228. The van der Waals surface area contributed by atoms with Crippen molar-refractivity contribution < 1.29 is 4.39 Å². The zero-order valence-corrected chi connectivity index (χ0v) is 12.6. The molecule has 0 radical (unpaired) electrons. The van der Waals surface area contributed by atoms with Crippen LogP contribution in [0.5, 0.6) is 0 Å². The summed E-state index contributed by atoms with van der Waals surface area (Å²) in [7, 11) is 1.82. The van der Waals surface area contributed by atoms with Gasteiger partial charge in [0.1, 0.15) is 17.5 Å². The fourth-order valence-corrected chi connectivity index (χ4v) is 2.42. The molecule has 106 valence electrons. The van der Waals surface area contributed by atoms with Crippen molar-refractivity contribution in [3.63, 3.8) is 0 Å². The lowest BCUT2D eigenvalue weighted by molar-refractivity contribution is 0.628. The molecule has 1 aromatic heterocycles. The molecule has 1 N–H and O–H groups in total. The van der Waals surface area contributed by atoms with Gasteiger partial charge in [0.05, 0.1) is 5.69 Å². The van der Waals surface area contributed by atoms with Crippen molar-refractivity contribution in [1.82, 2.24) is 9.97 Å². The number of aryl methyl sites for hydroxylation is 3. The summed E-state index contributed by atoms with van der Waals surface area (Å²) in [4.78, 5) is 8.96. The van der Waals surface area contributed by atoms with Gasteiger partial charge < -0.3 is 5.32 Å². The summed E-state index contributed by atoms with van der Waals surface area (Å²) < 4.78 is 14.4. The maximum absolute atomic E-state index is 14.4. The number of benzene rings is 1. The van der Waals surface area contributed by atoms with E-state index in [9.17, 15) is 4.39 Å². The van der Waals surface area contributed by atoms with Crippen molar-refractivity contribution in [2.45, 2.75) is 34.1 Å². The number of hydrogen-bond acceptors (Lipinski definition) is 3. The Hall–Kier alpha value is -1.97. The van der Waals surface area contributed by atoms with E-state index in [4.69, 9.17) is 0 Å². The molecule has 0 atom stereocenters. The molecule has 0 unspecified atom stereocenters. The number of nitrogens with zero attached hydrogens (tertiary/aromatic N) is 2. The second-order valence-electron chi connectivity index (χ2n) is 5.00. The molecule has 0 spiro atoms. The summed E-state index contributed by atoms with van der Waals surface area (Å²) >= 11 is 0. The molecule has 20 heavy (non-hydrogen) atoms. The molecule has 0 amide bonds. The highest BCUT2D eigenvalue weighted by Crippen LogP contribution is 2.31. The average molecular weight is 273 g/mol. The van der Waals surface area contributed by atoms with Crippen molar-refractivity contribution in [3.05, 3.63) is 40.5 Å². The van der Waals surface area contributed by atoms with Gasteiger partial charge in [0.25, 0.3) is 0 Å². The van der Waals surface area contributed by atoms with Gasteiger partial charge in [0.2, 0.25) is 0 Å². The van der Waals surface area contributed by atoms with Gasteiger partial charge in [0.15, 0.2) is 0 Å². The maximum Gasteiger partial charge on any atom is 0.133 e. The van der Waals surface area contributed by atoms with Gasteiger partial charge in [-0.25, -0.2) is 14.4 Å². The van der Waals surface area contributed by atoms with E-state index in [1.165, 1.54) is 0 Å². The van der Waals surface area contributed by atoms with Gasteiger partial charge in [-0.1, -0.05) is 13.0 Å². The van der Waals surface area contributed by atoms with Crippen LogP contribution >= 0.6 is 0 Å². The molecule has 0 aliphatic rings. The van der Waals surface area contributed by atoms with Crippen LogP contribution in [0.3, 0.4) is 0 Å². The Morgan fingerprint density at radius 1 is 1.15 bits per heavy atom. The first-order valence-corrected chi connectivity index (χ1v) is 6.80. The van der Waals surface area contributed by atoms with Crippen LogP contribution in [0.15, 0.2) is 12.1 Å². The molecule has 1 aromatic carbocycles. The highest BCUT2D eigenvalue weighted by atomic mass is 19.1. The Morgan fingerprint density at radius 2 is 1.85 bits per heavy atom. The predicted molar refractivity (Wildman–Crippen MR) is 80.6 cm³/mol. The zero-order valence-electron chi connectivity index (χ0n) is 12.6. The number of hydrogen-bond donors (Lipinski definition) is 1. The number of nitrogens with one attached hydrogen (secondary N) is 1. The van der Waals surface area contributed by atoms with Crippen LogP contribution in [0.1, 0.15) is 29.4 Å². The molecule has 3 nitrogen and oxygen atoms in total. The Morgan fingerprint density at radius 3 is 2.40 bits per heavy atom. The molecule has 0 bridgehead atoms. The highest BCUT2D eigenvalue weighted by Gasteiger charge is 2.17. The second-order valence-corrected chi connectivity index (χ2v) is 5.00. The summed E-state index contributed by atoms with van der Waals surface area (Å²) in [6.07, 6.45) is 0.717. The fraction of sp³-hybridized carbons (Fsp3) is 0.375. The van der Waals surface area contributed by atoms with Gasteiger partial charge in [-0.15, -0.1) is 0 Å². The summed E-state index contributed by atoms with van der Waals surface area (Å²) in [6.45, 7) is 7.71. The van der Waals surface area contributed by atoms with E-state index >= 15 is 0 Å². The lowest BCUT2D eigenvalue weighted by Crippen LogP contribution is -2.06. The van der Waals surface area contributed by atoms with Crippen LogP contribution in [-0.2, 0) is 6.42 Å². The van der Waals surface area contributed by atoms with Crippen molar-refractivity contribution in [2.24, 2.45) is 0 Å². The van der Waals surface area contributed by atoms with E-state index in [0.29, 0.717) is 23.5 Å². The molecule has 1 heterocycles. The molecular weight excluding hydrogens is 253 g/mol. The smallest absolute Gasteiger partial charge is 0.133 e. The maximum atomic E-state index is 14.4. The third-order valence-electron chi connectivity index (χ3n) is 3.41. The van der Waals surface area contributed by atoms with Gasteiger partial charge in [0, 0.05) is 24.6 Å². The minimum atomic E-state index is -0.228. The van der Waals surface area contributed by atoms with Gasteiger partial charge in [-0.05, 0) is 38.0 Å². The first-order chi connectivity index (χ1) is 9.47. The molecule has 2 rings (SSSR count). The van der Waals surface area contributed by atoms with E-state index in [0.717, 1.165) is 22.5 Å². The van der Waals surface area contributed by atoms with Gasteiger partial charge in [-0.2, -0.15) is 0 Å². The van der Waals surface area contributed by atoms with E-state index in [1.807, 2.05) is 40.8 Å². The minimum Gasteiger partial charge on any atom is -0.373 e. The monoisotopic (exact) mass is 273 g/mol. The Labute approximate surface area is 119 Å². The summed E-state index contributed by atoms with van der Waals surface area (Å²) in [5.41, 5.74) is 3.93. The first kappa shape index (κ1) is 14.4. The molecule has 0 aliphatic heterocycles. The van der Waals surface area contributed by atoms with Crippen molar-refractivity contribution in [3.8, 4) is 11.3 Å². The van der Waals surface area contributed by atoms with Crippen LogP contribution in [0.4, 0.5) is 10.2 Å². The SMILES string of the molecule is CCc1nc(NC)c(C)c(-c2c(C)cc(C)cc2F)n1. The quantitative estimate of drug-likeness (QED) is 0.924. The highest BCUT2D eigenvalue weighted by molar-refractivity contribution is 5.71. The van der Waals surface area contributed by atoms with Gasteiger partial charge in [-0.3, -0.25) is 0 Å². The predicted octanol–water partition coefficient (Wildman–Crippen LogP) is 3.81. The van der Waals surface area contributed by atoms with Crippen LogP contribution < -0.4 is 5.32 Å². The molecule has 2 aromatic rings. The number of anilines is 1. The van der Waals surface area contributed by atoms with Gasteiger partial charge >= 0.3 is 0 Å². The molecule has 0 saturated heterocycles. The van der Waals surface area contributed by atoms with E-state index < -0.39 is 0 Å². The van der Waals surface area contributed by atoms with Crippen molar-refractivity contribution in [2.75, 3.05) is 12.4 Å². The average Bonchev–Trinajstić information content (AvgIpc) is 2.39. The molecular formula is C16H20FN3. The molecule has 0 aliphatic carbocycles. The fourth-order valence-electron chi connectivity index (χ4n) is 2.42. The van der Waals surface area contributed by atoms with E-state index in [2.05, 4.69) is 15.3 Å². The Kier molecular flexibility index (Phi) is 4.02. The van der Waals surface area contributed by atoms with Crippen molar-refractivity contribution in [1.29, 1.82) is 0 Å². The van der Waals surface area contributed by atoms with Crippen LogP contribution in [0, 0.1) is 26.6 Å². The van der Waals surface area contributed by atoms with Crippen LogP contribution in [0.2, 0.25) is 0 Å². The molecule has 0 fully saturated rings. The summed E-state index contributed by atoms with van der Waals surface area (Å²) in [5, 5.41) is 3.06. The third kappa shape index (κ3) is 2.50. The van der Waals surface area contributed by atoms with E-state index in [-0.39, 0.29) is 5.82 Å². The summed E-state index contributed by atoms with van der Waals surface area (Å²) in [5.74, 6) is 1.24. The lowest BCUT2D eigenvalue weighted by Gasteiger charge is -2.14. The zero-order chi connectivity index (χ0) is 14.9. The second kappa shape index (κ2) is 5.57. The number of aromatic nitrogens is 2. The third-order valence-corrected chi connectivity index (χ3v) is 3.41. The normalized spacial score (nSPS) is 10.7. The van der Waals surface area contributed by atoms with Crippen LogP contribution in [-0.4, -0.2) is 17.0 Å².